The highest BCUT2D eigenvalue weighted by atomic mass is 16.5. The van der Waals surface area contributed by atoms with Gasteiger partial charge in [-0.3, -0.25) is 9.89 Å². The molecule has 2 N–H and O–H groups in total. The molecule has 1 fully saturated rings. The van der Waals surface area contributed by atoms with Gasteiger partial charge in [-0.2, -0.15) is 0 Å². The summed E-state index contributed by atoms with van der Waals surface area (Å²) in [5.41, 5.74) is 0.350. The fraction of sp³-hybridized carbons (Fsp3) is 0.947. The van der Waals surface area contributed by atoms with Crippen LogP contribution < -0.4 is 10.6 Å². The van der Waals surface area contributed by atoms with Gasteiger partial charge in [0.25, 0.3) is 0 Å². The van der Waals surface area contributed by atoms with Gasteiger partial charge < -0.3 is 15.4 Å². The smallest absolute Gasteiger partial charge is 0.191 e. The molecule has 0 aromatic heterocycles. The van der Waals surface area contributed by atoms with Crippen LogP contribution in [0.5, 0.6) is 0 Å². The van der Waals surface area contributed by atoms with E-state index in [2.05, 4.69) is 43.2 Å². The van der Waals surface area contributed by atoms with Gasteiger partial charge in [-0.25, -0.2) is 0 Å². The van der Waals surface area contributed by atoms with Gasteiger partial charge >= 0.3 is 0 Å². The molecule has 1 saturated carbocycles. The Kier molecular flexibility index (Phi) is 10.3. The van der Waals surface area contributed by atoms with Crippen molar-refractivity contribution in [1.29, 1.82) is 0 Å². The molecule has 1 rings (SSSR count). The van der Waals surface area contributed by atoms with Crippen molar-refractivity contribution >= 4 is 5.96 Å². The maximum Gasteiger partial charge on any atom is 0.191 e. The standard InChI is InChI=1S/C19H40N4O/c1-6-20-18(21-15-17(4)23(7-2)8-3)22-16-19(13-14-24-5)11-9-10-12-19/h17H,6-16H2,1-5H3,(H2,20,21,22). The van der Waals surface area contributed by atoms with Crippen LogP contribution in [0.15, 0.2) is 4.99 Å². The molecule has 0 aromatic carbocycles. The Morgan fingerprint density at radius 3 is 2.38 bits per heavy atom. The lowest BCUT2D eigenvalue weighted by atomic mass is 9.83. The second-order valence-corrected chi connectivity index (χ2v) is 7.10. The SMILES string of the molecule is CCNC(=NCC1(CCOC)CCCC1)NCC(C)N(CC)CC. The number of methoxy groups -OCH3 is 1. The predicted octanol–water partition coefficient (Wildman–Crippen LogP) is 2.87. The number of nitrogens with zero attached hydrogens (tertiary/aromatic N) is 2. The largest absolute Gasteiger partial charge is 0.385 e. The van der Waals surface area contributed by atoms with E-state index in [1.165, 1.54) is 25.7 Å². The Morgan fingerprint density at radius 2 is 1.83 bits per heavy atom. The molecule has 5 nitrogen and oxygen atoms in total. The molecule has 1 unspecified atom stereocenters. The minimum Gasteiger partial charge on any atom is -0.385 e. The van der Waals surface area contributed by atoms with Crippen molar-refractivity contribution in [2.45, 2.75) is 65.8 Å². The molecule has 0 amide bonds. The van der Waals surface area contributed by atoms with Gasteiger partial charge in [0.05, 0.1) is 0 Å². The minimum atomic E-state index is 0.350. The molecule has 0 bridgehead atoms. The number of hydrogen-bond donors (Lipinski definition) is 2. The summed E-state index contributed by atoms with van der Waals surface area (Å²) in [7, 11) is 1.80. The number of ether oxygens (including phenoxy) is 1. The van der Waals surface area contributed by atoms with Crippen LogP contribution in [-0.2, 0) is 4.74 Å². The number of guanidine groups is 1. The molecule has 1 aliphatic carbocycles. The van der Waals surface area contributed by atoms with E-state index in [4.69, 9.17) is 9.73 Å². The van der Waals surface area contributed by atoms with Crippen molar-refractivity contribution in [2.24, 2.45) is 10.4 Å². The molecule has 5 heteroatoms. The molecule has 0 saturated heterocycles. The van der Waals surface area contributed by atoms with E-state index in [-0.39, 0.29) is 0 Å². The fourth-order valence-electron chi connectivity index (χ4n) is 3.74. The average molecular weight is 341 g/mol. The van der Waals surface area contributed by atoms with E-state index in [1.807, 2.05) is 0 Å². The normalized spacial score (nSPS) is 18.8. The van der Waals surface area contributed by atoms with Crippen LogP contribution in [0.1, 0.15) is 59.8 Å². The Balaban J connectivity index is 2.60. The number of nitrogens with one attached hydrogen (secondary N) is 2. The third kappa shape index (κ3) is 6.98. The molecular formula is C19H40N4O. The Bertz CT molecular complexity index is 349. The van der Waals surface area contributed by atoms with Gasteiger partial charge in [-0.1, -0.05) is 26.7 Å². The van der Waals surface area contributed by atoms with Crippen LogP contribution in [-0.4, -0.2) is 63.3 Å². The van der Waals surface area contributed by atoms with E-state index in [0.29, 0.717) is 11.5 Å². The fourth-order valence-corrected chi connectivity index (χ4v) is 3.74. The quantitative estimate of drug-likeness (QED) is 0.448. The zero-order chi connectivity index (χ0) is 17.8. The van der Waals surface area contributed by atoms with E-state index >= 15 is 0 Å². The van der Waals surface area contributed by atoms with Crippen LogP contribution in [0.4, 0.5) is 0 Å². The minimum absolute atomic E-state index is 0.350. The molecule has 1 aliphatic rings. The molecule has 1 atom stereocenters. The van der Waals surface area contributed by atoms with E-state index in [1.54, 1.807) is 7.11 Å². The Labute approximate surface area is 149 Å². The molecule has 24 heavy (non-hydrogen) atoms. The zero-order valence-electron chi connectivity index (χ0n) is 16.7. The van der Waals surface area contributed by atoms with Crippen LogP contribution in [0.3, 0.4) is 0 Å². The first-order chi connectivity index (χ1) is 11.6. The average Bonchev–Trinajstić information content (AvgIpc) is 3.06. The van der Waals surface area contributed by atoms with Gasteiger partial charge in [0, 0.05) is 39.4 Å². The van der Waals surface area contributed by atoms with Crippen LogP contribution in [0, 0.1) is 5.41 Å². The number of aliphatic imine (C=N–C) groups is 1. The number of hydrogen-bond acceptors (Lipinski definition) is 3. The van der Waals surface area contributed by atoms with Crippen LogP contribution in [0.2, 0.25) is 0 Å². The summed E-state index contributed by atoms with van der Waals surface area (Å²) in [6.07, 6.45) is 6.37. The van der Waals surface area contributed by atoms with Gasteiger partial charge in [-0.05, 0) is 51.6 Å². The van der Waals surface area contributed by atoms with Crippen molar-refractivity contribution in [3.05, 3.63) is 0 Å². The van der Waals surface area contributed by atoms with E-state index in [0.717, 1.165) is 51.7 Å². The second-order valence-electron chi connectivity index (χ2n) is 7.10. The third-order valence-corrected chi connectivity index (χ3v) is 5.42. The first-order valence-electron chi connectivity index (χ1n) is 9.86. The van der Waals surface area contributed by atoms with Crippen molar-refractivity contribution in [1.82, 2.24) is 15.5 Å². The highest BCUT2D eigenvalue weighted by molar-refractivity contribution is 5.79. The van der Waals surface area contributed by atoms with Crippen molar-refractivity contribution in [3.63, 3.8) is 0 Å². The van der Waals surface area contributed by atoms with Gasteiger partial charge in [0.2, 0.25) is 0 Å². The summed E-state index contributed by atoms with van der Waals surface area (Å²) in [6, 6.07) is 0.512. The topological polar surface area (TPSA) is 48.9 Å². The number of rotatable bonds is 11. The lowest BCUT2D eigenvalue weighted by molar-refractivity contribution is 0.141. The third-order valence-electron chi connectivity index (χ3n) is 5.42. The lowest BCUT2D eigenvalue weighted by Gasteiger charge is -2.29. The van der Waals surface area contributed by atoms with Crippen molar-refractivity contribution in [3.8, 4) is 0 Å². The summed E-state index contributed by atoms with van der Waals surface area (Å²) in [5.74, 6) is 0.959. The zero-order valence-corrected chi connectivity index (χ0v) is 16.7. The summed E-state index contributed by atoms with van der Waals surface area (Å²) < 4.78 is 5.33. The van der Waals surface area contributed by atoms with Crippen LogP contribution >= 0.6 is 0 Å². The molecule has 0 radical (unpaired) electrons. The summed E-state index contributed by atoms with van der Waals surface area (Å²) in [4.78, 5) is 7.39. The molecular weight excluding hydrogens is 300 g/mol. The number of likely N-dealkylation sites (N-methyl/N-ethyl adjacent to an activating group) is 1. The summed E-state index contributed by atoms with van der Waals surface area (Å²) in [5, 5.41) is 6.93. The molecule has 0 heterocycles. The molecule has 0 aromatic rings. The summed E-state index contributed by atoms with van der Waals surface area (Å²) >= 11 is 0. The highest BCUT2D eigenvalue weighted by Crippen LogP contribution is 2.41. The molecule has 0 spiro atoms. The lowest BCUT2D eigenvalue weighted by Crippen LogP contribution is -2.46. The maximum absolute atomic E-state index is 5.33. The van der Waals surface area contributed by atoms with Gasteiger partial charge in [0.1, 0.15) is 0 Å². The first kappa shape index (κ1) is 21.2. The van der Waals surface area contributed by atoms with Crippen molar-refractivity contribution < 1.29 is 4.74 Å². The Morgan fingerprint density at radius 1 is 1.17 bits per heavy atom. The second kappa shape index (κ2) is 11.7. The maximum atomic E-state index is 5.33. The Hall–Kier alpha value is -0.810. The monoisotopic (exact) mass is 340 g/mol. The molecule has 142 valence electrons. The van der Waals surface area contributed by atoms with E-state index in [9.17, 15) is 0 Å². The van der Waals surface area contributed by atoms with Crippen LogP contribution in [0.25, 0.3) is 0 Å². The van der Waals surface area contributed by atoms with Gasteiger partial charge in [0.15, 0.2) is 5.96 Å². The van der Waals surface area contributed by atoms with Crippen molar-refractivity contribution in [2.75, 3.05) is 46.4 Å². The molecule has 0 aliphatic heterocycles. The van der Waals surface area contributed by atoms with E-state index < -0.39 is 0 Å². The predicted molar refractivity (Wildman–Crippen MR) is 104 cm³/mol. The summed E-state index contributed by atoms with van der Waals surface area (Å²) in [6.45, 7) is 14.6. The van der Waals surface area contributed by atoms with Gasteiger partial charge in [-0.15, -0.1) is 0 Å². The highest BCUT2D eigenvalue weighted by Gasteiger charge is 2.33. The first-order valence-corrected chi connectivity index (χ1v) is 9.86.